The minimum Gasteiger partial charge on any atom is -0.461 e. The Hall–Kier alpha value is -2.84. The van der Waals surface area contributed by atoms with Gasteiger partial charge in [-0.25, -0.2) is 0 Å². The summed E-state index contributed by atoms with van der Waals surface area (Å²) in [6, 6.07) is 30.2. The van der Waals surface area contributed by atoms with Crippen LogP contribution in [-0.4, -0.2) is 18.0 Å². The Kier molecular flexibility index (Phi) is 4.72. The van der Waals surface area contributed by atoms with E-state index < -0.39 is 0 Å². The van der Waals surface area contributed by atoms with Gasteiger partial charge in [-0.1, -0.05) is 72.8 Å². The van der Waals surface area contributed by atoms with E-state index in [1.807, 2.05) is 6.07 Å². The molecule has 0 fully saturated rings. The summed E-state index contributed by atoms with van der Waals surface area (Å²) in [5.41, 5.74) is 5.35. The van der Waals surface area contributed by atoms with E-state index in [4.69, 9.17) is 4.42 Å². The van der Waals surface area contributed by atoms with E-state index in [9.17, 15) is 0 Å². The maximum Gasteiger partial charge on any atom is 0.134 e. The molecule has 2 nitrogen and oxygen atoms in total. The number of hydrogen-bond donors (Lipinski definition) is 0. The van der Waals surface area contributed by atoms with E-state index >= 15 is 0 Å². The van der Waals surface area contributed by atoms with Crippen molar-refractivity contribution in [3.63, 3.8) is 0 Å². The molecule has 0 bridgehead atoms. The summed E-state index contributed by atoms with van der Waals surface area (Å²) in [4.78, 5) is 2.60. The van der Waals surface area contributed by atoms with Crippen LogP contribution in [0.4, 0.5) is 0 Å². The van der Waals surface area contributed by atoms with E-state index in [-0.39, 0.29) is 0 Å². The molecular weight excluding hydrogens is 342 g/mol. The van der Waals surface area contributed by atoms with E-state index in [0.29, 0.717) is 5.92 Å². The molecule has 0 radical (unpaired) electrons. The largest absolute Gasteiger partial charge is 0.461 e. The molecule has 0 aliphatic carbocycles. The highest BCUT2D eigenvalue weighted by Crippen LogP contribution is 2.32. The Morgan fingerprint density at radius 3 is 2.54 bits per heavy atom. The van der Waals surface area contributed by atoms with Crippen molar-refractivity contribution in [1.82, 2.24) is 4.90 Å². The first-order valence-electron chi connectivity index (χ1n) is 10.2. The zero-order valence-electron chi connectivity index (χ0n) is 16.1. The second kappa shape index (κ2) is 7.65. The molecule has 0 amide bonds. The lowest BCUT2D eigenvalue weighted by Crippen LogP contribution is -2.35. The highest BCUT2D eigenvalue weighted by atomic mass is 16.3. The van der Waals surface area contributed by atoms with Crippen LogP contribution < -0.4 is 0 Å². The summed E-state index contributed by atoms with van der Waals surface area (Å²) in [5.74, 6) is 1.56. The van der Waals surface area contributed by atoms with E-state index in [2.05, 4.69) is 83.8 Å². The SMILES string of the molecule is c1ccc(CCN2Cc3ccccc3C(Cc3cc4ccccc4o3)C2)cc1. The molecule has 1 atom stereocenters. The number of hydrogen-bond acceptors (Lipinski definition) is 2. The van der Waals surface area contributed by atoms with E-state index in [1.165, 1.54) is 22.1 Å². The summed E-state index contributed by atoms with van der Waals surface area (Å²) < 4.78 is 6.13. The molecule has 1 aliphatic rings. The van der Waals surface area contributed by atoms with Crippen LogP contribution in [-0.2, 0) is 19.4 Å². The molecule has 1 aliphatic heterocycles. The molecule has 1 aromatic heterocycles. The Bertz CT molecular complexity index is 1030. The van der Waals surface area contributed by atoms with Gasteiger partial charge in [0.05, 0.1) is 0 Å². The summed E-state index contributed by atoms with van der Waals surface area (Å²) in [6.07, 6.45) is 2.05. The molecule has 3 aromatic carbocycles. The topological polar surface area (TPSA) is 16.4 Å². The first kappa shape index (κ1) is 17.3. The van der Waals surface area contributed by atoms with Crippen molar-refractivity contribution < 1.29 is 4.42 Å². The third-order valence-corrected chi connectivity index (χ3v) is 5.85. The highest BCUT2D eigenvalue weighted by molar-refractivity contribution is 5.77. The van der Waals surface area contributed by atoms with Crippen LogP contribution in [0.25, 0.3) is 11.0 Å². The van der Waals surface area contributed by atoms with Gasteiger partial charge in [-0.3, -0.25) is 4.90 Å². The third-order valence-electron chi connectivity index (χ3n) is 5.85. The Labute approximate surface area is 166 Å². The second-order valence-corrected chi connectivity index (χ2v) is 7.82. The van der Waals surface area contributed by atoms with Crippen LogP contribution in [0.15, 0.2) is 89.3 Å². The fourth-order valence-corrected chi connectivity index (χ4v) is 4.45. The maximum atomic E-state index is 6.13. The van der Waals surface area contributed by atoms with Crippen molar-refractivity contribution in [2.45, 2.75) is 25.3 Å². The van der Waals surface area contributed by atoms with Crippen LogP contribution in [0.5, 0.6) is 0 Å². The molecule has 4 aromatic rings. The van der Waals surface area contributed by atoms with Gasteiger partial charge in [0.25, 0.3) is 0 Å². The molecule has 0 N–H and O–H groups in total. The molecule has 140 valence electrons. The smallest absolute Gasteiger partial charge is 0.134 e. The van der Waals surface area contributed by atoms with Gasteiger partial charge >= 0.3 is 0 Å². The molecule has 0 spiro atoms. The maximum absolute atomic E-state index is 6.13. The molecule has 2 heterocycles. The molecule has 1 unspecified atom stereocenters. The van der Waals surface area contributed by atoms with Gasteiger partial charge in [0.15, 0.2) is 0 Å². The first-order chi connectivity index (χ1) is 13.8. The van der Waals surface area contributed by atoms with E-state index in [0.717, 1.165) is 43.8 Å². The lowest BCUT2D eigenvalue weighted by molar-refractivity contribution is 0.229. The van der Waals surface area contributed by atoms with Gasteiger partial charge in [-0.05, 0) is 35.2 Å². The molecule has 0 saturated carbocycles. The van der Waals surface area contributed by atoms with Crippen LogP contribution in [0, 0.1) is 0 Å². The van der Waals surface area contributed by atoms with Gasteiger partial charge in [-0.2, -0.15) is 0 Å². The van der Waals surface area contributed by atoms with Crippen LogP contribution in [0.1, 0.15) is 28.4 Å². The summed E-state index contributed by atoms with van der Waals surface area (Å²) in [7, 11) is 0. The Morgan fingerprint density at radius 2 is 1.64 bits per heavy atom. The average molecular weight is 367 g/mol. The normalized spacial score (nSPS) is 16.9. The number of para-hydroxylation sites is 1. The van der Waals surface area contributed by atoms with Gasteiger partial charge in [0, 0.05) is 37.4 Å². The second-order valence-electron chi connectivity index (χ2n) is 7.82. The highest BCUT2D eigenvalue weighted by Gasteiger charge is 2.26. The number of furan rings is 1. The Balaban J connectivity index is 1.36. The van der Waals surface area contributed by atoms with Crippen molar-refractivity contribution in [2.24, 2.45) is 0 Å². The van der Waals surface area contributed by atoms with Crippen molar-refractivity contribution in [2.75, 3.05) is 13.1 Å². The van der Waals surface area contributed by atoms with Crippen LogP contribution >= 0.6 is 0 Å². The molecule has 2 heteroatoms. The van der Waals surface area contributed by atoms with Crippen LogP contribution in [0.2, 0.25) is 0 Å². The molecular formula is C26H25NO. The Morgan fingerprint density at radius 1 is 0.857 bits per heavy atom. The lowest BCUT2D eigenvalue weighted by atomic mass is 9.86. The quantitative estimate of drug-likeness (QED) is 0.442. The van der Waals surface area contributed by atoms with Gasteiger partial charge in [-0.15, -0.1) is 0 Å². The average Bonchev–Trinajstić information content (AvgIpc) is 3.15. The summed E-state index contributed by atoms with van der Waals surface area (Å²) >= 11 is 0. The van der Waals surface area contributed by atoms with Gasteiger partial charge in [0.1, 0.15) is 11.3 Å². The lowest BCUT2D eigenvalue weighted by Gasteiger charge is -2.34. The fraction of sp³-hybridized carbons (Fsp3) is 0.231. The minimum absolute atomic E-state index is 0.473. The minimum atomic E-state index is 0.473. The van der Waals surface area contributed by atoms with Crippen molar-refractivity contribution in [3.05, 3.63) is 107 Å². The van der Waals surface area contributed by atoms with E-state index in [1.54, 1.807) is 0 Å². The fourth-order valence-electron chi connectivity index (χ4n) is 4.45. The molecule has 5 rings (SSSR count). The molecule has 0 saturated heterocycles. The standard InChI is InChI=1S/C26H25NO/c1-2-8-20(9-3-1)14-15-27-18-22-11-4-6-12-25(22)23(19-27)17-24-16-21-10-5-7-13-26(21)28-24/h1-13,16,23H,14-15,17-19H2. The zero-order chi connectivity index (χ0) is 18.8. The van der Waals surface area contributed by atoms with Crippen LogP contribution in [0.3, 0.4) is 0 Å². The predicted molar refractivity (Wildman–Crippen MR) is 115 cm³/mol. The van der Waals surface area contributed by atoms with Gasteiger partial charge < -0.3 is 4.42 Å². The third kappa shape index (κ3) is 3.61. The van der Waals surface area contributed by atoms with Gasteiger partial charge in [0.2, 0.25) is 0 Å². The number of nitrogens with zero attached hydrogens (tertiary/aromatic N) is 1. The number of benzene rings is 3. The summed E-state index contributed by atoms with van der Waals surface area (Å²) in [5, 5.41) is 1.20. The first-order valence-corrected chi connectivity index (χ1v) is 10.2. The van der Waals surface area contributed by atoms with Crippen molar-refractivity contribution >= 4 is 11.0 Å². The number of rotatable bonds is 5. The number of fused-ring (bicyclic) bond motifs is 2. The predicted octanol–water partition coefficient (Wildman–Crippen LogP) is 5.82. The van der Waals surface area contributed by atoms with Crippen molar-refractivity contribution in [3.8, 4) is 0 Å². The summed E-state index contributed by atoms with van der Waals surface area (Å²) in [6.45, 7) is 3.22. The zero-order valence-corrected chi connectivity index (χ0v) is 16.1. The molecule has 28 heavy (non-hydrogen) atoms. The van der Waals surface area contributed by atoms with Crippen molar-refractivity contribution in [1.29, 1.82) is 0 Å². The monoisotopic (exact) mass is 367 g/mol.